The maximum absolute atomic E-state index is 14.1. The number of halogens is 2. The molecule has 1 aliphatic heterocycles. The highest BCUT2D eigenvalue weighted by molar-refractivity contribution is 9.10. The van der Waals surface area contributed by atoms with Crippen LogP contribution in [-0.4, -0.2) is 19.8 Å². The van der Waals surface area contributed by atoms with Gasteiger partial charge in [0.15, 0.2) is 0 Å². The van der Waals surface area contributed by atoms with Crippen molar-refractivity contribution in [2.75, 3.05) is 19.8 Å². The van der Waals surface area contributed by atoms with Crippen LogP contribution in [0.2, 0.25) is 0 Å². The molecule has 2 nitrogen and oxygen atoms in total. The molecule has 1 saturated heterocycles. The highest BCUT2D eigenvalue weighted by Crippen LogP contribution is 2.34. The summed E-state index contributed by atoms with van der Waals surface area (Å²) in [7, 11) is 0. The molecule has 0 aliphatic carbocycles. The zero-order valence-electron chi connectivity index (χ0n) is 10.6. The first-order chi connectivity index (χ1) is 8.74. The first-order valence-electron chi connectivity index (χ1n) is 6.49. The number of nitrogens with one attached hydrogen (secondary N) is 1. The molecule has 0 aromatic heterocycles. The van der Waals surface area contributed by atoms with Gasteiger partial charge in [-0.2, -0.15) is 0 Å². The lowest BCUT2D eigenvalue weighted by Crippen LogP contribution is -2.30. The molecule has 1 aromatic rings. The molecule has 2 rings (SSSR count). The molecule has 4 heteroatoms. The molecule has 1 heterocycles. The van der Waals surface area contributed by atoms with E-state index in [9.17, 15) is 4.39 Å². The van der Waals surface area contributed by atoms with E-state index in [0.29, 0.717) is 12.5 Å². The quantitative estimate of drug-likeness (QED) is 0.895. The Morgan fingerprint density at radius 1 is 1.56 bits per heavy atom. The Kier molecular flexibility index (Phi) is 5.15. The van der Waals surface area contributed by atoms with E-state index in [0.717, 1.165) is 36.0 Å². The lowest BCUT2D eigenvalue weighted by molar-refractivity contribution is 0.176. The fraction of sp³-hybridized carbons (Fsp3) is 0.571. The Morgan fingerprint density at radius 3 is 3.00 bits per heavy atom. The topological polar surface area (TPSA) is 21.3 Å². The zero-order valence-corrected chi connectivity index (χ0v) is 12.2. The van der Waals surface area contributed by atoms with Crippen LogP contribution in [0.3, 0.4) is 0 Å². The van der Waals surface area contributed by atoms with E-state index in [1.54, 1.807) is 6.07 Å². The molecule has 100 valence electrons. The normalized spacial score (nSPS) is 21.2. The van der Waals surface area contributed by atoms with Crippen LogP contribution in [0.15, 0.2) is 22.7 Å². The summed E-state index contributed by atoms with van der Waals surface area (Å²) in [5.41, 5.74) is 0.737. The highest BCUT2D eigenvalue weighted by Gasteiger charge is 2.29. The maximum atomic E-state index is 14.1. The van der Waals surface area contributed by atoms with Crippen LogP contribution >= 0.6 is 15.9 Å². The Morgan fingerprint density at radius 2 is 2.39 bits per heavy atom. The predicted octanol–water partition coefficient (Wildman–Crippen LogP) is 3.67. The Balaban J connectivity index is 2.26. The molecule has 0 amide bonds. The van der Waals surface area contributed by atoms with Crippen molar-refractivity contribution in [3.05, 3.63) is 34.1 Å². The zero-order chi connectivity index (χ0) is 13.0. The van der Waals surface area contributed by atoms with Gasteiger partial charge in [0.25, 0.3) is 0 Å². The van der Waals surface area contributed by atoms with Crippen molar-refractivity contribution in [3.63, 3.8) is 0 Å². The van der Waals surface area contributed by atoms with E-state index in [-0.39, 0.29) is 11.9 Å². The van der Waals surface area contributed by atoms with Gasteiger partial charge < -0.3 is 10.1 Å². The van der Waals surface area contributed by atoms with Gasteiger partial charge in [0, 0.05) is 28.6 Å². The molecule has 0 spiro atoms. The van der Waals surface area contributed by atoms with E-state index < -0.39 is 0 Å². The van der Waals surface area contributed by atoms with Crippen molar-refractivity contribution >= 4 is 15.9 Å². The molecular weight excluding hydrogens is 297 g/mol. The largest absolute Gasteiger partial charge is 0.381 e. The number of hydrogen-bond donors (Lipinski definition) is 1. The minimum absolute atomic E-state index is 0.0306. The van der Waals surface area contributed by atoms with Gasteiger partial charge in [0.2, 0.25) is 0 Å². The van der Waals surface area contributed by atoms with Gasteiger partial charge in [-0.05, 0) is 31.5 Å². The van der Waals surface area contributed by atoms with Crippen LogP contribution < -0.4 is 5.32 Å². The molecule has 1 aromatic carbocycles. The smallest absolute Gasteiger partial charge is 0.129 e. The fourth-order valence-corrected chi connectivity index (χ4v) is 3.02. The molecule has 1 N–H and O–H groups in total. The molecule has 1 aliphatic rings. The van der Waals surface area contributed by atoms with Crippen molar-refractivity contribution in [3.8, 4) is 0 Å². The SMILES string of the molecule is CCCNC(c1c(F)cccc1Br)C1CCOC1. The molecule has 0 bridgehead atoms. The van der Waals surface area contributed by atoms with Gasteiger partial charge in [-0.3, -0.25) is 0 Å². The molecule has 18 heavy (non-hydrogen) atoms. The summed E-state index contributed by atoms with van der Waals surface area (Å²) in [5, 5.41) is 3.46. The van der Waals surface area contributed by atoms with E-state index in [1.807, 2.05) is 6.07 Å². The van der Waals surface area contributed by atoms with Crippen molar-refractivity contribution in [1.82, 2.24) is 5.32 Å². The van der Waals surface area contributed by atoms with Crippen molar-refractivity contribution in [1.29, 1.82) is 0 Å². The summed E-state index contributed by atoms with van der Waals surface area (Å²) in [4.78, 5) is 0. The van der Waals surface area contributed by atoms with E-state index >= 15 is 0 Å². The van der Waals surface area contributed by atoms with Gasteiger partial charge in [-0.15, -0.1) is 0 Å². The average Bonchev–Trinajstić information content (AvgIpc) is 2.86. The van der Waals surface area contributed by atoms with E-state index in [2.05, 4.69) is 28.2 Å². The second kappa shape index (κ2) is 6.64. The average molecular weight is 316 g/mol. The molecule has 0 radical (unpaired) electrons. The summed E-state index contributed by atoms with van der Waals surface area (Å²) in [6.45, 7) is 4.50. The molecule has 1 fully saturated rings. The van der Waals surface area contributed by atoms with E-state index in [1.165, 1.54) is 6.07 Å². The Labute approximate surface area is 116 Å². The Hall–Kier alpha value is -0.450. The lowest BCUT2D eigenvalue weighted by Gasteiger charge is -2.25. The third kappa shape index (κ3) is 3.11. The fourth-order valence-electron chi connectivity index (χ4n) is 2.43. The lowest BCUT2D eigenvalue weighted by atomic mass is 9.92. The molecule has 2 unspecified atom stereocenters. The molecular formula is C14H19BrFNO. The molecule has 2 atom stereocenters. The first-order valence-corrected chi connectivity index (χ1v) is 7.28. The van der Waals surface area contributed by atoms with Crippen LogP contribution in [-0.2, 0) is 4.74 Å². The Bertz CT molecular complexity index is 373. The van der Waals surface area contributed by atoms with Gasteiger partial charge >= 0.3 is 0 Å². The van der Waals surface area contributed by atoms with Crippen molar-refractivity contribution in [2.24, 2.45) is 5.92 Å². The van der Waals surface area contributed by atoms with Crippen LogP contribution in [0.4, 0.5) is 4.39 Å². The van der Waals surface area contributed by atoms with Crippen LogP contribution in [0.1, 0.15) is 31.4 Å². The standard InChI is InChI=1S/C14H19BrFNO/c1-2-7-17-14(10-6-8-18-9-10)13-11(15)4-3-5-12(13)16/h3-5,10,14,17H,2,6-9H2,1H3. The second-order valence-electron chi connectivity index (χ2n) is 4.69. The number of benzene rings is 1. The predicted molar refractivity (Wildman–Crippen MR) is 74.1 cm³/mol. The number of ether oxygens (including phenoxy) is 1. The van der Waals surface area contributed by atoms with Crippen molar-refractivity contribution < 1.29 is 9.13 Å². The van der Waals surface area contributed by atoms with Crippen LogP contribution in [0.25, 0.3) is 0 Å². The first kappa shape index (κ1) is 14.0. The minimum Gasteiger partial charge on any atom is -0.381 e. The third-order valence-electron chi connectivity index (χ3n) is 3.36. The summed E-state index contributed by atoms with van der Waals surface area (Å²) >= 11 is 3.47. The summed E-state index contributed by atoms with van der Waals surface area (Å²) < 4.78 is 20.3. The van der Waals surface area contributed by atoms with Gasteiger partial charge in [-0.25, -0.2) is 4.39 Å². The van der Waals surface area contributed by atoms with E-state index in [4.69, 9.17) is 4.74 Å². The number of hydrogen-bond acceptors (Lipinski definition) is 2. The van der Waals surface area contributed by atoms with Gasteiger partial charge in [-0.1, -0.05) is 28.9 Å². The van der Waals surface area contributed by atoms with Gasteiger partial charge in [0.1, 0.15) is 5.82 Å². The minimum atomic E-state index is -0.148. The summed E-state index contributed by atoms with van der Waals surface area (Å²) in [5.74, 6) is 0.203. The van der Waals surface area contributed by atoms with Crippen LogP contribution in [0.5, 0.6) is 0 Å². The molecule has 0 saturated carbocycles. The monoisotopic (exact) mass is 315 g/mol. The maximum Gasteiger partial charge on any atom is 0.129 e. The second-order valence-corrected chi connectivity index (χ2v) is 5.55. The van der Waals surface area contributed by atoms with Crippen LogP contribution in [0, 0.1) is 11.7 Å². The third-order valence-corrected chi connectivity index (χ3v) is 4.05. The summed E-state index contributed by atoms with van der Waals surface area (Å²) in [6, 6.07) is 5.18. The van der Waals surface area contributed by atoms with Gasteiger partial charge in [0.05, 0.1) is 6.61 Å². The van der Waals surface area contributed by atoms with Crippen molar-refractivity contribution in [2.45, 2.75) is 25.8 Å². The number of rotatable bonds is 5. The highest BCUT2D eigenvalue weighted by atomic mass is 79.9. The summed E-state index contributed by atoms with van der Waals surface area (Å²) in [6.07, 6.45) is 2.03.